The summed E-state index contributed by atoms with van der Waals surface area (Å²) in [5.41, 5.74) is 5.25. The van der Waals surface area contributed by atoms with Crippen molar-refractivity contribution < 1.29 is 4.79 Å². The first-order valence-electron chi connectivity index (χ1n) is 9.44. The number of hydrogen-bond acceptors (Lipinski definition) is 2. The molecule has 0 fully saturated rings. The molecule has 0 radical (unpaired) electrons. The Morgan fingerprint density at radius 1 is 1.27 bits per heavy atom. The van der Waals surface area contributed by atoms with Gasteiger partial charge in [0.2, 0.25) is 5.91 Å². The number of hydrogen-bond donors (Lipinski definition) is 0. The number of benzene rings is 1. The third-order valence-electron chi connectivity index (χ3n) is 6.11. The van der Waals surface area contributed by atoms with Gasteiger partial charge in [0.15, 0.2) is 0 Å². The molecule has 1 aliphatic carbocycles. The van der Waals surface area contributed by atoms with Gasteiger partial charge in [-0.1, -0.05) is 18.2 Å². The Labute approximate surface area is 163 Å². The lowest BCUT2D eigenvalue weighted by Crippen LogP contribution is -2.47. The van der Waals surface area contributed by atoms with Gasteiger partial charge in [0.1, 0.15) is 0 Å². The van der Waals surface area contributed by atoms with E-state index < -0.39 is 0 Å². The van der Waals surface area contributed by atoms with E-state index in [2.05, 4.69) is 77.6 Å². The second-order valence-electron chi connectivity index (χ2n) is 7.43. The van der Waals surface area contributed by atoms with E-state index in [1.165, 1.54) is 32.2 Å². The third kappa shape index (κ3) is 2.48. The monoisotopic (exact) mass is 415 g/mol. The van der Waals surface area contributed by atoms with Gasteiger partial charge in [-0.15, -0.1) is 0 Å². The summed E-state index contributed by atoms with van der Waals surface area (Å²) < 4.78 is 3.40. The van der Waals surface area contributed by atoms with E-state index in [4.69, 9.17) is 0 Å². The summed E-state index contributed by atoms with van der Waals surface area (Å²) >= 11 is 3.80. The van der Waals surface area contributed by atoms with E-state index in [1.807, 2.05) is 4.90 Å². The fourth-order valence-corrected chi connectivity index (χ4v) is 5.23. The van der Waals surface area contributed by atoms with Gasteiger partial charge in [-0.2, -0.15) is 0 Å². The molecular formula is C21H26BrN3O. The van der Waals surface area contributed by atoms with Crippen LogP contribution in [0.4, 0.5) is 0 Å². The molecule has 2 heterocycles. The standard InChI is InChI=1S/C21H26BrN3O/c1-5-25(6-2)21(26)13-10-15-14-8-7-9-17-19(14)16(20(22)24(17)4)11-18(15)23(3)12-13/h7-10,13,18H,5-6,11-12H2,1-4H3. The minimum atomic E-state index is -0.0601. The molecule has 4 rings (SSSR count). The predicted octanol–water partition coefficient (Wildman–Crippen LogP) is 3.68. The fourth-order valence-electron chi connectivity index (χ4n) is 4.68. The number of fused-ring (bicyclic) bond motifs is 2. The highest BCUT2D eigenvalue weighted by molar-refractivity contribution is 9.10. The maximum atomic E-state index is 13.0. The zero-order chi connectivity index (χ0) is 18.6. The number of nitrogens with zero attached hydrogens (tertiary/aromatic N) is 3. The van der Waals surface area contributed by atoms with Crippen molar-refractivity contribution in [3.8, 4) is 0 Å². The Bertz CT molecular complexity index is 910. The van der Waals surface area contributed by atoms with Crippen molar-refractivity contribution in [1.29, 1.82) is 0 Å². The summed E-state index contributed by atoms with van der Waals surface area (Å²) in [6, 6.07) is 6.87. The van der Waals surface area contributed by atoms with Crippen LogP contribution >= 0.6 is 15.9 Å². The van der Waals surface area contributed by atoms with Crippen LogP contribution < -0.4 is 0 Å². The van der Waals surface area contributed by atoms with Crippen LogP contribution in [0.3, 0.4) is 0 Å². The largest absolute Gasteiger partial charge is 0.343 e. The van der Waals surface area contributed by atoms with Crippen molar-refractivity contribution in [1.82, 2.24) is 14.4 Å². The Morgan fingerprint density at radius 2 is 2.00 bits per heavy atom. The molecule has 1 aliphatic heterocycles. The van der Waals surface area contributed by atoms with Crippen LogP contribution in [-0.2, 0) is 18.3 Å². The van der Waals surface area contributed by atoms with Gasteiger partial charge < -0.3 is 9.47 Å². The number of rotatable bonds is 3. The van der Waals surface area contributed by atoms with Crippen molar-refractivity contribution in [3.63, 3.8) is 0 Å². The summed E-state index contributed by atoms with van der Waals surface area (Å²) in [6.45, 7) is 6.44. The summed E-state index contributed by atoms with van der Waals surface area (Å²) in [7, 11) is 4.27. The average Bonchev–Trinajstić information content (AvgIpc) is 2.89. The Kier molecular flexibility index (Phi) is 4.48. The van der Waals surface area contributed by atoms with Crippen molar-refractivity contribution >= 4 is 38.3 Å². The topological polar surface area (TPSA) is 28.5 Å². The van der Waals surface area contributed by atoms with Crippen LogP contribution in [0.5, 0.6) is 0 Å². The molecule has 5 heteroatoms. The summed E-state index contributed by atoms with van der Waals surface area (Å²) in [5, 5.41) is 1.34. The van der Waals surface area contributed by atoms with Gasteiger partial charge in [0, 0.05) is 43.6 Å². The van der Waals surface area contributed by atoms with Crippen LogP contribution in [-0.4, -0.2) is 53.0 Å². The van der Waals surface area contributed by atoms with Gasteiger partial charge in [-0.05, 0) is 66.0 Å². The average molecular weight is 416 g/mol. The second-order valence-corrected chi connectivity index (χ2v) is 8.18. The molecule has 0 N–H and O–H groups in total. The molecule has 0 saturated heterocycles. The summed E-state index contributed by atoms with van der Waals surface area (Å²) in [4.78, 5) is 17.3. The Hall–Kier alpha value is -1.59. The SMILES string of the molecule is CCN(CC)C(=O)C1C=C2c3cccc4c3c(c(Br)n4C)CC2N(C)C1. The Morgan fingerprint density at radius 3 is 2.69 bits per heavy atom. The molecule has 1 aromatic carbocycles. The molecule has 4 nitrogen and oxygen atoms in total. The molecule has 1 amide bonds. The van der Waals surface area contributed by atoms with Crippen LogP contribution in [0.15, 0.2) is 28.9 Å². The van der Waals surface area contributed by atoms with E-state index in [-0.39, 0.29) is 11.8 Å². The number of halogens is 1. The van der Waals surface area contributed by atoms with Gasteiger partial charge in [0.25, 0.3) is 0 Å². The van der Waals surface area contributed by atoms with E-state index in [0.717, 1.165) is 26.1 Å². The summed E-state index contributed by atoms with van der Waals surface area (Å²) in [6.07, 6.45) is 3.24. The molecule has 0 bridgehead atoms. The van der Waals surface area contributed by atoms with Crippen LogP contribution in [0.2, 0.25) is 0 Å². The zero-order valence-corrected chi connectivity index (χ0v) is 17.5. The molecule has 0 saturated carbocycles. The fraction of sp³-hybridized carbons (Fsp3) is 0.476. The molecule has 26 heavy (non-hydrogen) atoms. The molecule has 2 aliphatic rings. The number of likely N-dealkylation sites (N-methyl/N-ethyl adjacent to an activating group) is 1. The first-order valence-corrected chi connectivity index (χ1v) is 10.2. The molecule has 2 unspecified atom stereocenters. The highest BCUT2D eigenvalue weighted by Crippen LogP contribution is 2.44. The smallest absolute Gasteiger partial charge is 0.230 e. The quantitative estimate of drug-likeness (QED) is 0.764. The van der Waals surface area contributed by atoms with Gasteiger partial charge in [0.05, 0.1) is 10.5 Å². The molecule has 2 aromatic rings. The van der Waals surface area contributed by atoms with Crippen molar-refractivity contribution in [2.24, 2.45) is 13.0 Å². The minimum absolute atomic E-state index is 0.0601. The zero-order valence-electron chi connectivity index (χ0n) is 15.9. The number of aryl methyl sites for hydroxylation is 1. The van der Waals surface area contributed by atoms with E-state index >= 15 is 0 Å². The van der Waals surface area contributed by atoms with E-state index in [9.17, 15) is 4.79 Å². The third-order valence-corrected chi connectivity index (χ3v) is 7.12. The highest BCUT2D eigenvalue weighted by atomic mass is 79.9. The maximum absolute atomic E-state index is 13.0. The number of aromatic nitrogens is 1. The van der Waals surface area contributed by atoms with E-state index in [0.29, 0.717) is 6.04 Å². The molecule has 0 spiro atoms. The number of carbonyl (C=O) groups is 1. The van der Waals surface area contributed by atoms with Crippen molar-refractivity contribution in [2.45, 2.75) is 26.3 Å². The molecule has 2 atom stereocenters. The first kappa shape index (κ1) is 17.8. The minimum Gasteiger partial charge on any atom is -0.343 e. The van der Waals surface area contributed by atoms with Gasteiger partial charge in [-0.3, -0.25) is 9.69 Å². The second kappa shape index (κ2) is 6.54. The van der Waals surface area contributed by atoms with E-state index in [1.54, 1.807) is 0 Å². The molecular weight excluding hydrogens is 390 g/mol. The number of carbonyl (C=O) groups excluding carboxylic acids is 1. The highest BCUT2D eigenvalue weighted by Gasteiger charge is 2.37. The molecule has 138 valence electrons. The Balaban J connectivity index is 1.86. The van der Waals surface area contributed by atoms with Gasteiger partial charge >= 0.3 is 0 Å². The van der Waals surface area contributed by atoms with Crippen molar-refractivity contribution in [3.05, 3.63) is 40.0 Å². The van der Waals surface area contributed by atoms with Crippen LogP contribution in [0.25, 0.3) is 16.5 Å². The lowest BCUT2D eigenvalue weighted by molar-refractivity contribution is -0.134. The number of amides is 1. The van der Waals surface area contributed by atoms with Crippen molar-refractivity contribution in [2.75, 3.05) is 26.7 Å². The van der Waals surface area contributed by atoms with Crippen LogP contribution in [0, 0.1) is 5.92 Å². The maximum Gasteiger partial charge on any atom is 0.230 e. The first-order chi connectivity index (χ1) is 12.5. The lowest BCUT2D eigenvalue weighted by atomic mass is 9.79. The molecule has 1 aromatic heterocycles. The predicted molar refractivity (Wildman–Crippen MR) is 110 cm³/mol. The lowest BCUT2D eigenvalue weighted by Gasteiger charge is -2.40. The van der Waals surface area contributed by atoms with Crippen LogP contribution in [0.1, 0.15) is 25.0 Å². The normalized spacial score (nSPS) is 22.3. The van der Waals surface area contributed by atoms with Gasteiger partial charge in [-0.25, -0.2) is 0 Å². The summed E-state index contributed by atoms with van der Waals surface area (Å²) in [5.74, 6) is 0.190.